The molecule has 0 unspecified atom stereocenters. The average molecular weight is 352 g/mol. The summed E-state index contributed by atoms with van der Waals surface area (Å²) in [4.78, 5) is 11.9. The molecular formula is C15H8BrClO3. The number of fused-ring (bicyclic) bond motifs is 1. The average Bonchev–Trinajstić information content (AvgIpc) is 2.42. The monoisotopic (exact) mass is 350 g/mol. The van der Waals surface area contributed by atoms with E-state index in [1.807, 2.05) is 6.07 Å². The fourth-order valence-corrected chi connectivity index (χ4v) is 2.35. The Morgan fingerprint density at radius 3 is 2.65 bits per heavy atom. The van der Waals surface area contributed by atoms with Crippen molar-refractivity contribution in [1.82, 2.24) is 0 Å². The summed E-state index contributed by atoms with van der Waals surface area (Å²) in [5.74, 6) is 0.513. The van der Waals surface area contributed by atoms with Crippen molar-refractivity contribution in [3.05, 3.63) is 68.4 Å². The topological polar surface area (TPSA) is 39.4 Å². The van der Waals surface area contributed by atoms with Gasteiger partial charge >= 0.3 is 5.63 Å². The zero-order valence-corrected chi connectivity index (χ0v) is 12.4. The van der Waals surface area contributed by atoms with E-state index in [4.69, 9.17) is 20.8 Å². The number of rotatable bonds is 2. The summed E-state index contributed by atoms with van der Waals surface area (Å²) in [6.45, 7) is 0. The Hall–Kier alpha value is -1.78. The van der Waals surface area contributed by atoms with Crippen LogP contribution < -0.4 is 10.4 Å². The van der Waals surface area contributed by atoms with Crippen molar-refractivity contribution in [2.75, 3.05) is 0 Å². The Kier molecular flexibility index (Phi) is 3.51. The zero-order valence-electron chi connectivity index (χ0n) is 10.1. The molecule has 3 nitrogen and oxygen atoms in total. The number of para-hydroxylation sites is 1. The quantitative estimate of drug-likeness (QED) is 0.610. The number of ether oxygens (including phenoxy) is 1. The fourth-order valence-electron chi connectivity index (χ4n) is 1.79. The highest BCUT2D eigenvalue weighted by atomic mass is 79.9. The minimum absolute atomic E-state index is 0.101. The second-order valence-electron chi connectivity index (χ2n) is 4.11. The molecule has 0 atom stereocenters. The van der Waals surface area contributed by atoms with Crippen LogP contribution in [-0.2, 0) is 0 Å². The van der Waals surface area contributed by atoms with E-state index in [0.717, 1.165) is 9.86 Å². The van der Waals surface area contributed by atoms with Crippen molar-refractivity contribution in [1.29, 1.82) is 0 Å². The van der Waals surface area contributed by atoms with E-state index in [1.54, 1.807) is 42.5 Å². The summed E-state index contributed by atoms with van der Waals surface area (Å²) in [5.41, 5.74) is -0.0375. The van der Waals surface area contributed by atoms with Crippen LogP contribution in [-0.4, -0.2) is 0 Å². The van der Waals surface area contributed by atoms with E-state index in [2.05, 4.69) is 15.9 Å². The Morgan fingerprint density at radius 1 is 1.05 bits per heavy atom. The molecule has 0 N–H and O–H groups in total. The maximum Gasteiger partial charge on any atom is 0.379 e. The smallest absolute Gasteiger partial charge is 0.379 e. The predicted molar refractivity (Wildman–Crippen MR) is 81.7 cm³/mol. The maximum absolute atomic E-state index is 11.9. The van der Waals surface area contributed by atoms with Gasteiger partial charge in [0.05, 0.1) is 5.02 Å². The fraction of sp³-hybridized carbons (Fsp3) is 0. The third-order valence-corrected chi connectivity index (χ3v) is 3.52. The van der Waals surface area contributed by atoms with Crippen molar-refractivity contribution in [2.24, 2.45) is 0 Å². The van der Waals surface area contributed by atoms with Gasteiger partial charge in [0.15, 0.2) is 0 Å². The minimum Gasteiger partial charge on any atom is -0.448 e. The van der Waals surface area contributed by atoms with Gasteiger partial charge in [-0.2, -0.15) is 0 Å². The van der Waals surface area contributed by atoms with Crippen molar-refractivity contribution >= 4 is 38.5 Å². The second-order valence-corrected chi connectivity index (χ2v) is 5.44. The van der Waals surface area contributed by atoms with E-state index in [-0.39, 0.29) is 5.75 Å². The summed E-state index contributed by atoms with van der Waals surface area (Å²) in [7, 11) is 0. The first-order chi connectivity index (χ1) is 9.63. The Balaban J connectivity index is 2.10. The summed E-state index contributed by atoms with van der Waals surface area (Å²) in [6, 6.07) is 14.0. The third kappa shape index (κ3) is 2.57. The van der Waals surface area contributed by atoms with Gasteiger partial charge in [0, 0.05) is 9.86 Å². The third-order valence-electron chi connectivity index (χ3n) is 2.72. The number of hydrogen-bond donors (Lipinski definition) is 0. The van der Waals surface area contributed by atoms with Crippen LogP contribution in [0.15, 0.2) is 62.2 Å². The van der Waals surface area contributed by atoms with Crippen LogP contribution in [0.3, 0.4) is 0 Å². The van der Waals surface area contributed by atoms with Crippen LogP contribution in [0, 0.1) is 0 Å². The normalized spacial score (nSPS) is 10.7. The van der Waals surface area contributed by atoms with Gasteiger partial charge in [-0.25, -0.2) is 4.79 Å². The van der Waals surface area contributed by atoms with E-state index in [1.165, 1.54) is 0 Å². The number of benzene rings is 2. The van der Waals surface area contributed by atoms with Gasteiger partial charge < -0.3 is 9.15 Å². The molecule has 0 radical (unpaired) electrons. The van der Waals surface area contributed by atoms with Crippen molar-refractivity contribution < 1.29 is 9.15 Å². The lowest BCUT2D eigenvalue weighted by molar-refractivity contribution is 0.437. The zero-order chi connectivity index (χ0) is 14.1. The van der Waals surface area contributed by atoms with Crippen LogP contribution in [0.4, 0.5) is 0 Å². The summed E-state index contributed by atoms with van der Waals surface area (Å²) in [6.07, 6.45) is 0. The van der Waals surface area contributed by atoms with Crippen molar-refractivity contribution in [3.8, 4) is 11.5 Å². The molecule has 3 aromatic rings. The summed E-state index contributed by atoms with van der Waals surface area (Å²) >= 11 is 9.38. The van der Waals surface area contributed by atoms with Crippen molar-refractivity contribution in [2.45, 2.75) is 0 Å². The Bertz CT molecular complexity index is 842. The van der Waals surface area contributed by atoms with Gasteiger partial charge in [-0.15, -0.1) is 0 Å². The van der Waals surface area contributed by atoms with E-state index < -0.39 is 5.63 Å². The molecule has 0 aliphatic carbocycles. The minimum atomic E-state index is -0.542. The molecule has 0 aliphatic rings. The molecule has 0 spiro atoms. The Labute approximate surface area is 127 Å². The molecule has 0 saturated carbocycles. The second kappa shape index (κ2) is 5.31. The molecule has 100 valence electrons. The first-order valence-corrected chi connectivity index (χ1v) is 6.96. The van der Waals surface area contributed by atoms with E-state index in [9.17, 15) is 4.79 Å². The standard InChI is InChI=1S/C15H8BrClO3/c16-10-5-6-12-9(7-10)8-14(15(18)20-12)19-13-4-2-1-3-11(13)17/h1-8H. The number of halogens is 2. The van der Waals surface area contributed by atoms with E-state index >= 15 is 0 Å². The largest absolute Gasteiger partial charge is 0.448 e. The predicted octanol–water partition coefficient (Wildman–Crippen LogP) is 5.00. The summed E-state index contributed by atoms with van der Waals surface area (Å²) in [5, 5.41) is 1.20. The summed E-state index contributed by atoms with van der Waals surface area (Å²) < 4.78 is 11.6. The molecular weight excluding hydrogens is 344 g/mol. The van der Waals surface area contributed by atoms with Crippen LogP contribution >= 0.6 is 27.5 Å². The maximum atomic E-state index is 11.9. The van der Waals surface area contributed by atoms with E-state index in [0.29, 0.717) is 16.4 Å². The molecule has 2 aromatic carbocycles. The van der Waals surface area contributed by atoms with Gasteiger partial charge in [-0.05, 0) is 36.4 Å². The molecule has 1 heterocycles. The first kappa shape index (κ1) is 13.2. The molecule has 0 fully saturated rings. The molecule has 1 aromatic heterocycles. The molecule has 0 saturated heterocycles. The lowest BCUT2D eigenvalue weighted by Crippen LogP contribution is -2.03. The van der Waals surface area contributed by atoms with Gasteiger partial charge in [-0.3, -0.25) is 0 Å². The molecule has 0 amide bonds. The lowest BCUT2D eigenvalue weighted by Gasteiger charge is -2.06. The molecule has 5 heteroatoms. The van der Waals surface area contributed by atoms with Gasteiger partial charge in [0.2, 0.25) is 5.75 Å². The molecule has 3 rings (SSSR count). The van der Waals surface area contributed by atoms with Gasteiger partial charge in [0.1, 0.15) is 11.3 Å². The lowest BCUT2D eigenvalue weighted by atomic mass is 10.2. The SMILES string of the molecule is O=c1oc2ccc(Br)cc2cc1Oc1ccccc1Cl. The van der Waals surface area contributed by atoms with Crippen LogP contribution in [0.5, 0.6) is 11.5 Å². The highest BCUT2D eigenvalue weighted by molar-refractivity contribution is 9.10. The Morgan fingerprint density at radius 2 is 1.85 bits per heavy atom. The molecule has 0 bridgehead atoms. The van der Waals surface area contributed by atoms with Gasteiger partial charge in [-0.1, -0.05) is 39.7 Å². The number of hydrogen-bond acceptors (Lipinski definition) is 3. The van der Waals surface area contributed by atoms with Crippen molar-refractivity contribution in [3.63, 3.8) is 0 Å². The van der Waals surface area contributed by atoms with Crippen LogP contribution in [0.1, 0.15) is 0 Å². The first-order valence-electron chi connectivity index (χ1n) is 5.79. The van der Waals surface area contributed by atoms with Crippen LogP contribution in [0.2, 0.25) is 5.02 Å². The highest BCUT2D eigenvalue weighted by Crippen LogP contribution is 2.29. The van der Waals surface area contributed by atoms with Crippen LogP contribution in [0.25, 0.3) is 11.0 Å². The van der Waals surface area contributed by atoms with Gasteiger partial charge in [0.25, 0.3) is 0 Å². The highest BCUT2D eigenvalue weighted by Gasteiger charge is 2.09. The molecule has 0 aliphatic heterocycles. The molecule has 20 heavy (non-hydrogen) atoms.